The van der Waals surface area contributed by atoms with Gasteiger partial charge in [0, 0.05) is 29.4 Å². The summed E-state index contributed by atoms with van der Waals surface area (Å²) in [4.78, 5) is 18.8. The van der Waals surface area contributed by atoms with Crippen LogP contribution in [0.3, 0.4) is 0 Å². The van der Waals surface area contributed by atoms with Gasteiger partial charge in [0.05, 0.1) is 39.5 Å². The van der Waals surface area contributed by atoms with E-state index in [1.165, 1.54) is 0 Å². The van der Waals surface area contributed by atoms with E-state index in [0.29, 0.717) is 23.9 Å². The number of hydrogen-bond acceptors (Lipinski definition) is 4. The van der Waals surface area contributed by atoms with Crippen molar-refractivity contribution in [2.24, 2.45) is 0 Å². The van der Waals surface area contributed by atoms with E-state index in [-0.39, 0.29) is 5.91 Å². The number of carbonyl (C=O) groups is 1. The number of nitrogens with zero attached hydrogens (tertiary/aromatic N) is 5. The molecule has 0 aliphatic heterocycles. The van der Waals surface area contributed by atoms with Gasteiger partial charge in [-0.1, -0.05) is 30.3 Å². The third-order valence-corrected chi connectivity index (χ3v) is 7.46. The van der Waals surface area contributed by atoms with Crippen molar-refractivity contribution in [3.63, 3.8) is 0 Å². The molecular weight excluding hydrogens is 528 g/mol. The Morgan fingerprint density at radius 2 is 1.76 bits per heavy atom. The first-order valence-corrected chi connectivity index (χ1v) is 13.5. The molecule has 8 heteroatoms. The third kappa shape index (κ3) is 4.46. The van der Waals surface area contributed by atoms with Crippen molar-refractivity contribution < 1.29 is 4.79 Å². The van der Waals surface area contributed by atoms with Gasteiger partial charge in [0.15, 0.2) is 5.65 Å². The summed E-state index contributed by atoms with van der Waals surface area (Å²) in [5, 5.41) is 13.3. The van der Waals surface area contributed by atoms with Gasteiger partial charge in [-0.25, -0.2) is 9.67 Å². The number of amides is 1. The predicted octanol–water partition coefficient (Wildman–Crippen LogP) is 6.43. The Morgan fingerprint density at radius 1 is 1.00 bits per heavy atom. The minimum atomic E-state index is -0.118. The third-order valence-electron chi connectivity index (χ3n) is 7.05. The monoisotopic (exact) mass is 552 g/mol. The van der Waals surface area contributed by atoms with Crippen molar-refractivity contribution in [1.82, 2.24) is 24.5 Å². The largest absolute Gasteiger partial charge is 0.322 e. The van der Waals surface area contributed by atoms with E-state index < -0.39 is 0 Å². The number of fused-ring (bicyclic) bond motifs is 1. The van der Waals surface area contributed by atoms with Crippen molar-refractivity contribution in [3.8, 4) is 5.69 Å². The Morgan fingerprint density at radius 3 is 2.43 bits per heavy atom. The molecule has 2 aliphatic rings. The number of hydrogen-bond donors (Lipinski definition) is 1. The number of pyridine rings is 1. The Bertz CT molecular complexity index is 1610. The predicted molar refractivity (Wildman–Crippen MR) is 146 cm³/mol. The number of rotatable bonds is 7. The molecule has 2 fully saturated rings. The summed E-state index contributed by atoms with van der Waals surface area (Å²) in [6.07, 6.45) is 8.14. The van der Waals surface area contributed by atoms with E-state index in [2.05, 4.69) is 26.3 Å². The van der Waals surface area contributed by atoms with Crippen molar-refractivity contribution in [3.05, 3.63) is 100 Å². The molecule has 2 aromatic carbocycles. The van der Waals surface area contributed by atoms with Gasteiger partial charge in [-0.3, -0.25) is 9.48 Å². The molecule has 0 radical (unpaired) electrons. The zero-order chi connectivity index (χ0) is 24.9. The highest BCUT2D eigenvalue weighted by atomic mass is 79.9. The van der Waals surface area contributed by atoms with E-state index in [1.54, 1.807) is 6.20 Å². The molecule has 37 heavy (non-hydrogen) atoms. The van der Waals surface area contributed by atoms with Crippen molar-refractivity contribution in [1.29, 1.82) is 0 Å². The van der Waals surface area contributed by atoms with Crippen LogP contribution in [0.2, 0.25) is 0 Å². The van der Waals surface area contributed by atoms with Gasteiger partial charge in [0.2, 0.25) is 0 Å². The lowest BCUT2D eigenvalue weighted by atomic mass is 10.0. The van der Waals surface area contributed by atoms with Gasteiger partial charge < -0.3 is 5.32 Å². The fourth-order valence-electron chi connectivity index (χ4n) is 4.82. The van der Waals surface area contributed by atoms with E-state index in [4.69, 9.17) is 10.1 Å². The van der Waals surface area contributed by atoms with Crippen molar-refractivity contribution >= 4 is 38.6 Å². The molecule has 0 atom stereocenters. The number of nitrogens with one attached hydrogen (secondary N) is 1. The number of halogens is 1. The van der Waals surface area contributed by atoms with E-state index >= 15 is 0 Å². The van der Waals surface area contributed by atoms with E-state index in [1.807, 2.05) is 76.2 Å². The zero-order valence-electron chi connectivity index (χ0n) is 20.1. The highest BCUT2D eigenvalue weighted by Gasteiger charge is 2.34. The number of anilines is 1. The van der Waals surface area contributed by atoms with Crippen LogP contribution in [0.25, 0.3) is 16.7 Å². The second-order valence-electron chi connectivity index (χ2n) is 9.98. The summed E-state index contributed by atoms with van der Waals surface area (Å²) in [5.74, 6) is 0.683. The fraction of sp³-hybridized carbons (Fsp3) is 0.241. The lowest BCUT2D eigenvalue weighted by Gasteiger charge is -2.11. The van der Waals surface area contributed by atoms with Crippen LogP contribution >= 0.6 is 15.9 Å². The second-order valence-corrected chi connectivity index (χ2v) is 10.9. The van der Waals surface area contributed by atoms with Gasteiger partial charge in [-0.15, -0.1) is 0 Å². The summed E-state index contributed by atoms with van der Waals surface area (Å²) in [6, 6.07) is 20.0. The highest BCUT2D eigenvalue weighted by Crippen LogP contribution is 2.45. The smallest absolute Gasteiger partial charge is 0.256 e. The topological polar surface area (TPSA) is 77.6 Å². The summed E-state index contributed by atoms with van der Waals surface area (Å²) in [5.41, 5.74) is 6.25. The molecule has 2 saturated carbocycles. The Balaban J connectivity index is 1.25. The molecule has 3 heterocycles. The average Bonchev–Trinajstić information content (AvgIpc) is 3.86. The van der Waals surface area contributed by atoms with Crippen molar-refractivity contribution in [2.45, 2.75) is 44.1 Å². The van der Waals surface area contributed by atoms with E-state index in [0.717, 1.165) is 69.5 Å². The second kappa shape index (κ2) is 8.95. The van der Waals surface area contributed by atoms with Gasteiger partial charge in [0.25, 0.3) is 5.91 Å². The Labute approximate surface area is 222 Å². The van der Waals surface area contributed by atoms with Crippen LogP contribution in [-0.4, -0.2) is 30.5 Å². The minimum absolute atomic E-state index is 0.118. The molecule has 7 nitrogen and oxygen atoms in total. The van der Waals surface area contributed by atoms with Crippen LogP contribution in [0.4, 0.5) is 5.69 Å². The van der Waals surface area contributed by atoms with Gasteiger partial charge in [-0.05, 0) is 77.5 Å². The van der Waals surface area contributed by atoms with Crippen LogP contribution in [-0.2, 0) is 6.54 Å². The molecule has 5 aromatic rings. The van der Waals surface area contributed by atoms with Gasteiger partial charge in [-0.2, -0.15) is 10.2 Å². The molecule has 0 saturated heterocycles. The molecule has 0 unspecified atom stereocenters. The standard InChI is InChI=1S/C29H25BrN6O/c30-21-15-31-35(17-21)16-18-6-12-22(13-7-18)32-29(37)24-14-25(19-8-9-19)33-28-26(24)27(20-10-11-20)34-36(28)23-4-2-1-3-5-23/h1-7,12-15,17,19-20H,8-11,16H2,(H,32,37). The van der Waals surface area contributed by atoms with Crippen LogP contribution in [0.15, 0.2) is 77.5 Å². The quantitative estimate of drug-likeness (QED) is 0.252. The molecule has 1 amide bonds. The number of aromatic nitrogens is 5. The first kappa shape index (κ1) is 22.4. The summed E-state index contributed by atoms with van der Waals surface area (Å²) in [6.45, 7) is 0.666. The normalized spacial score (nSPS) is 15.3. The van der Waals surface area contributed by atoms with Gasteiger partial charge >= 0.3 is 0 Å². The molecule has 3 aromatic heterocycles. The molecule has 184 valence electrons. The zero-order valence-corrected chi connectivity index (χ0v) is 21.7. The molecule has 2 aliphatic carbocycles. The maximum Gasteiger partial charge on any atom is 0.256 e. The van der Waals surface area contributed by atoms with Gasteiger partial charge in [0.1, 0.15) is 0 Å². The van der Waals surface area contributed by atoms with E-state index in [9.17, 15) is 4.79 Å². The lowest BCUT2D eigenvalue weighted by Crippen LogP contribution is -2.14. The molecule has 7 rings (SSSR count). The first-order chi connectivity index (χ1) is 18.1. The number of para-hydroxylation sites is 1. The summed E-state index contributed by atoms with van der Waals surface area (Å²) >= 11 is 3.43. The average molecular weight is 553 g/mol. The summed E-state index contributed by atoms with van der Waals surface area (Å²) < 4.78 is 4.75. The highest BCUT2D eigenvalue weighted by molar-refractivity contribution is 9.10. The molecule has 0 spiro atoms. The van der Waals surface area contributed by atoms with Crippen LogP contribution in [0, 0.1) is 0 Å². The first-order valence-electron chi connectivity index (χ1n) is 12.7. The number of benzene rings is 2. The van der Waals surface area contributed by atoms with Crippen LogP contribution < -0.4 is 5.32 Å². The Kier molecular flexibility index (Phi) is 5.43. The maximum absolute atomic E-state index is 13.7. The molecular formula is C29H25BrN6O. The van der Waals surface area contributed by atoms with Crippen molar-refractivity contribution in [2.75, 3.05) is 5.32 Å². The van der Waals surface area contributed by atoms with Crippen LogP contribution in [0.1, 0.15) is 64.8 Å². The van der Waals surface area contributed by atoms with Crippen LogP contribution in [0.5, 0.6) is 0 Å². The molecule has 1 N–H and O–H groups in total. The fourth-order valence-corrected chi connectivity index (χ4v) is 5.15. The molecule has 0 bridgehead atoms. The minimum Gasteiger partial charge on any atom is -0.322 e. The lowest BCUT2D eigenvalue weighted by molar-refractivity contribution is 0.102. The Hall–Kier alpha value is -3.78. The SMILES string of the molecule is O=C(Nc1ccc(Cn2cc(Br)cn2)cc1)c1cc(C2CC2)nc2c1c(C1CC1)nn2-c1ccccc1. The number of carbonyl (C=O) groups excluding carboxylic acids is 1. The maximum atomic E-state index is 13.7. The summed E-state index contributed by atoms with van der Waals surface area (Å²) in [7, 11) is 0.